The average Bonchev–Trinajstić information content (AvgIpc) is 2.77. The summed E-state index contributed by atoms with van der Waals surface area (Å²) in [7, 11) is 0. The van der Waals surface area contributed by atoms with E-state index in [9.17, 15) is 4.39 Å². The lowest BCUT2D eigenvalue weighted by Crippen LogP contribution is -2.03. The van der Waals surface area contributed by atoms with Crippen molar-refractivity contribution in [3.8, 4) is 5.69 Å². The number of hydrogen-bond acceptors (Lipinski definition) is 1. The fraction of sp³-hybridized carbons (Fsp3) is 0.188. The molecule has 0 radical (unpaired) electrons. The van der Waals surface area contributed by atoms with E-state index in [1.165, 1.54) is 12.1 Å². The standard InChI is InChI=1S/C16H13BrClFN2/c1-9-7-11(17)3-5-14(9)21-15-6-4-12(19)8-13(15)20-16(21)10(2)18/h3-8,10H,1-2H3. The summed E-state index contributed by atoms with van der Waals surface area (Å²) in [6.45, 7) is 3.89. The van der Waals surface area contributed by atoms with Crippen molar-refractivity contribution >= 4 is 38.6 Å². The molecule has 0 aliphatic rings. The van der Waals surface area contributed by atoms with Crippen molar-refractivity contribution in [2.24, 2.45) is 0 Å². The highest BCUT2D eigenvalue weighted by molar-refractivity contribution is 9.10. The Labute approximate surface area is 135 Å². The van der Waals surface area contributed by atoms with Crippen LogP contribution in [0.3, 0.4) is 0 Å². The van der Waals surface area contributed by atoms with Gasteiger partial charge in [0.2, 0.25) is 0 Å². The topological polar surface area (TPSA) is 17.8 Å². The molecular weight excluding hydrogens is 355 g/mol. The molecule has 0 spiro atoms. The molecule has 3 aromatic rings. The van der Waals surface area contributed by atoms with Crippen molar-refractivity contribution in [2.45, 2.75) is 19.2 Å². The van der Waals surface area contributed by atoms with E-state index in [1.54, 1.807) is 6.07 Å². The summed E-state index contributed by atoms with van der Waals surface area (Å²) < 4.78 is 16.4. The van der Waals surface area contributed by atoms with E-state index in [0.717, 1.165) is 21.2 Å². The van der Waals surface area contributed by atoms with Crippen molar-refractivity contribution in [2.75, 3.05) is 0 Å². The highest BCUT2D eigenvalue weighted by Gasteiger charge is 2.18. The molecule has 0 bridgehead atoms. The number of benzene rings is 2. The van der Waals surface area contributed by atoms with Crippen LogP contribution < -0.4 is 0 Å². The monoisotopic (exact) mass is 366 g/mol. The molecule has 0 aliphatic carbocycles. The van der Waals surface area contributed by atoms with Gasteiger partial charge in [-0.2, -0.15) is 0 Å². The normalized spacial score (nSPS) is 12.8. The first-order chi connectivity index (χ1) is 9.97. The van der Waals surface area contributed by atoms with Crippen LogP contribution in [-0.4, -0.2) is 9.55 Å². The first kappa shape index (κ1) is 14.5. The lowest BCUT2D eigenvalue weighted by molar-refractivity contribution is 0.629. The van der Waals surface area contributed by atoms with Crippen LogP contribution in [0.4, 0.5) is 4.39 Å². The summed E-state index contributed by atoms with van der Waals surface area (Å²) in [5.74, 6) is 0.413. The van der Waals surface area contributed by atoms with Gasteiger partial charge in [-0.25, -0.2) is 9.37 Å². The molecule has 0 amide bonds. The summed E-state index contributed by atoms with van der Waals surface area (Å²) in [6, 6.07) is 10.6. The molecular formula is C16H13BrClFN2. The number of nitrogens with zero attached hydrogens (tertiary/aromatic N) is 2. The molecule has 1 unspecified atom stereocenters. The van der Waals surface area contributed by atoms with Gasteiger partial charge in [-0.1, -0.05) is 15.9 Å². The van der Waals surface area contributed by atoms with Crippen LogP contribution in [0, 0.1) is 12.7 Å². The van der Waals surface area contributed by atoms with Gasteiger partial charge in [0, 0.05) is 10.5 Å². The largest absolute Gasteiger partial charge is 0.295 e. The SMILES string of the molecule is Cc1cc(Br)ccc1-n1c(C(C)Cl)nc2cc(F)ccc21. The Kier molecular flexibility index (Phi) is 3.76. The molecule has 21 heavy (non-hydrogen) atoms. The zero-order valence-electron chi connectivity index (χ0n) is 11.6. The molecule has 0 saturated heterocycles. The van der Waals surface area contributed by atoms with E-state index in [-0.39, 0.29) is 11.2 Å². The minimum absolute atomic E-state index is 0.275. The smallest absolute Gasteiger partial charge is 0.132 e. The summed E-state index contributed by atoms with van der Waals surface area (Å²) in [5.41, 5.74) is 3.55. The van der Waals surface area contributed by atoms with Gasteiger partial charge in [-0.15, -0.1) is 11.6 Å². The van der Waals surface area contributed by atoms with E-state index in [1.807, 2.05) is 36.6 Å². The van der Waals surface area contributed by atoms with Gasteiger partial charge in [0.25, 0.3) is 0 Å². The number of aromatic nitrogens is 2. The molecule has 2 aromatic carbocycles. The van der Waals surface area contributed by atoms with Crippen molar-refractivity contribution in [3.05, 3.63) is 58.1 Å². The zero-order chi connectivity index (χ0) is 15.1. The van der Waals surface area contributed by atoms with Crippen LogP contribution in [-0.2, 0) is 0 Å². The minimum atomic E-state index is -0.298. The quantitative estimate of drug-likeness (QED) is 0.544. The summed E-state index contributed by atoms with van der Waals surface area (Å²) in [4.78, 5) is 4.49. The van der Waals surface area contributed by atoms with Crippen LogP contribution in [0.2, 0.25) is 0 Å². The van der Waals surface area contributed by atoms with E-state index in [0.29, 0.717) is 11.3 Å². The Morgan fingerprint density at radius 2 is 2.00 bits per heavy atom. The van der Waals surface area contributed by atoms with Gasteiger partial charge in [-0.3, -0.25) is 4.57 Å². The van der Waals surface area contributed by atoms with Crippen molar-refractivity contribution in [1.82, 2.24) is 9.55 Å². The van der Waals surface area contributed by atoms with Gasteiger partial charge < -0.3 is 0 Å². The third kappa shape index (κ3) is 2.58. The predicted octanol–water partition coefficient (Wildman–Crippen LogP) is 5.54. The number of rotatable bonds is 2. The van der Waals surface area contributed by atoms with Gasteiger partial charge in [0.15, 0.2) is 0 Å². The Hall–Kier alpha value is -1.39. The fourth-order valence-electron chi connectivity index (χ4n) is 2.46. The van der Waals surface area contributed by atoms with Crippen molar-refractivity contribution in [1.29, 1.82) is 0 Å². The maximum absolute atomic E-state index is 13.4. The van der Waals surface area contributed by atoms with Crippen LogP contribution in [0.15, 0.2) is 40.9 Å². The Morgan fingerprint density at radius 1 is 1.24 bits per heavy atom. The maximum atomic E-state index is 13.4. The molecule has 3 rings (SSSR count). The van der Waals surface area contributed by atoms with Crippen LogP contribution in [0.25, 0.3) is 16.7 Å². The number of halogens is 3. The van der Waals surface area contributed by atoms with Crippen molar-refractivity contribution < 1.29 is 4.39 Å². The second kappa shape index (κ2) is 5.43. The van der Waals surface area contributed by atoms with E-state index in [4.69, 9.17) is 11.6 Å². The molecule has 0 aliphatic heterocycles. The highest BCUT2D eigenvalue weighted by Crippen LogP contribution is 2.30. The van der Waals surface area contributed by atoms with Gasteiger partial charge in [-0.05, 0) is 49.7 Å². The third-order valence-electron chi connectivity index (χ3n) is 3.40. The molecule has 1 aromatic heterocycles. The summed E-state index contributed by atoms with van der Waals surface area (Å²) in [5, 5.41) is -0.275. The summed E-state index contributed by atoms with van der Waals surface area (Å²) in [6.07, 6.45) is 0. The second-order valence-electron chi connectivity index (χ2n) is 4.99. The fourth-order valence-corrected chi connectivity index (χ4v) is 3.08. The first-order valence-electron chi connectivity index (χ1n) is 6.56. The highest BCUT2D eigenvalue weighted by atomic mass is 79.9. The molecule has 0 N–H and O–H groups in total. The van der Waals surface area contributed by atoms with Crippen LogP contribution in [0.1, 0.15) is 23.7 Å². The lowest BCUT2D eigenvalue weighted by atomic mass is 10.2. The molecule has 0 fully saturated rings. The Bertz CT molecular complexity index is 827. The van der Waals surface area contributed by atoms with E-state index >= 15 is 0 Å². The predicted molar refractivity (Wildman–Crippen MR) is 87.7 cm³/mol. The molecule has 0 saturated carbocycles. The lowest BCUT2D eigenvalue weighted by Gasteiger charge is -2.13. The molecule has 5 heteroatoms. The van der Waals surface area contributed by atoms with E-state index < -0.39 is 0 Å². The Balaban J connectivity index is 2.36. The average molecular weight is 368 g/mol. The maximum Gasteiger partial charge on any atom is 0.132 e. The molecule has 108 valence electrons. The second-order valence-corrected chi connectivity index (χ2v) is 6.56. The Morgan fingerprint density at radius 3 is 2.67 bits per heavy atom. The van der Waals surface area contributed by atoms with Crippen LogP contribution >= 0.6 is 27.5 Å². The number of aryl methyl sites for hydroxylation is 1. The minimum Gasteiger partial charge on any atom is -0.295 e. The van der Waals surface area contributed by atoms with E-state index in [2.05, 4.69) is 20.9 Å². The number of imidazole rings is 1. The number of fused-ring (bicyclic) bond motifs is 1. The molecule has 1 atom stereocenters. The summed E-state index contributed by atoms with van der Waals surface area (Å²) >= 11 is 9.73. The van der Waals surface area contributed by atoms with Gasteiger partial charge >= 0.3 is 0 Å². The van der Waals surface area contributed by atoms with Gasteiger partial charge in [0.1, 0.15) is 11.6 Å². The number of alkyl halides is 1. The van der Waals surface area contributed by atoms with Gasteiger partial charge in [0.05, 0.1) is 22.1 Å². The molecule has 2 nitrogen and oxygen atoms in total. The molecule has 1 heterocycles. The number of hydrogen-bond donors (Lipinski definition) is 0. The first-order valence-corrected chi connectivity index (χ1v) is 7.79. The van der Waals surface area contributed by atoms with Crippen molar-refractivity contribution in [3.63, 3.8) is 0 Å². The van der Waals surface area contributed by atoms with Crippen LogP contribution in [0.5, 0.6) is 0 Å². The zero-order valence-corrected chi connectivity index (χ0v) is 13.9. The third-order valence-corrected chi connectivity index (χ3v) is 4.09.